The Balaban J connectivity index is 0.00000220. The number of hydrogen-bond acceptors (Lipinski definition) is 3. The van der Waals surface area contributed by atoms with E-state index in [4.69, 9.17) is 0 Å². The molecule has 0 saturated carbocycles. The van der Waals surface area contributed by atoms with Gasteiger partial charge in [-0.05, 0) is 24.3 Å². The summed E-state index contributed by atoms with van der Waals surface area (Å²) in [7, 11) is 0. The molecule has 2 aromatic rings. The molecule has 0 aliphatic rings. The average Bonchev–Trinajstić information content (AvgIpc) is 2.46. The van der Waals surface area contributed by atoms with Gasteiger partial charge in [0, 0.05) is 28.6 Å². The van der Waals surface area contributed by atoms with Gasteiger partial charge in [0.15, 0.2) is 12.8 Å². The molecule has 0 aliphatic carbocycles. The predicted octanol–water partition coefficient (Wildman–Crippen LogP) is 0.714. The second-order valence-electron chi connectivity index (χ2n) is 4.25. The van der Waals surface area contributed by atoms with Gasteiger partial charge in [-0.3, -0.25) is 4.99 Å². The van der Waals surface area contributed by atoms with E-state index >= 15 is 0 Å². The first-order valence-electron chi connectivity index (χ1n) is 6.40. The van der Waals surface area contributed by atoms with Crippen molar-refractivity contribution in [1.29, 1.82) is 0 Å². The first-order valence-corrected chi connectivity index (χ1v) is 6.40. The Labute approximate surface area is 134 Å². The standard InChI is InChI=1S/C16H16N2O2.Co/c19-15-7-3-1-5-13(15)11-17-9-10-18-12-14-6-2-4-8-16(14)20;/h1-8,11-12,19-20H,9-10H2;/p+1. The first kappa shape index (κ1) is 16.9. The summed E-state index contributed by atoms with van der Waals surface area (Å²) in [6, 6.07) is 14.2. The van der Waals surface area contributed by atoms with Crippen LogP contribution in [0.15, 0.2) is 53.5 Å². The van der Waals surface area contributed by atoms with E-state index in [1.807, 2.05) is 18.2 Å². The van der Waals surface area contributed by atoms with Crippen molar-refractivity contribution in [3.63, 3.8) is 0 Å². The smallest absolute Gasteiger partial charge is 0.172 e. The largest absolute Gasteiger partial charge is 0.507 e. The molecule has 1 radical (unpaired) electrons. The second-order valence-corrected chi connectivity index (χ2v) is 4.25. The normalized spacial score (nSPS) is 10.9. The fourth-order valence-corrected chi connectivity index (χ4v) is 1.68. The molecular formula is C16H17CoN2O2+. The summed E-state index contributed by atoms with van der Waals surface area (Å²) < 4.78 is 0. The van der Waals surface area contributed by atoms with Crippen LogP contribution in [-0.4, -0.2) is 35.7 Å². The molecule has 2 aromatic carbocycles. The van der Waals surface area contributed by atoms with E-state index in [-0.39, 0.29) is 28.3 Å². The molecule has 0 aliphatic heterocycles. The molecule has 0 atom stereocenters. The molecule has 21 heavy (non-hydrogen) atoms. The van der Waals surface area contributed by atoms with Gasteiger partial charge in [0.25, 0.3) is 0 Å². The third-order valence-electron chi connectivity index (χ3n) is 2.75. The first-order chi connectivity index (χ1) is 9.77. The molecule has 0 spiro atoms. The quantitative estimate of drug-likeness (QED) is 0.559. The second kappa shape index (κ2) is 8.94. The summed E-state index contributed by atoms with van der Waals surface area (Å²) in [6.07, 6.45) is 3.40. The molecular weight excluding hydrogens is 311 g/mol. The van der Waals surface area contributed by atoms with E-state index in [1.54, 1.807) is 42.8 Å². The van der Waals surface area contributed by atoms with E-state index in [1.165, 1.54) is 0 Å². The number of nitrogens with one attached hydrogen (secondary N) is 1. The maximum atomic E-state index is 9.56. The molecule has 4 nitrogen and oxygen atoms in total. The summed E-state index contributed by atoms with van der Waals surface area (Å²) >= 11 is 0. The molecule has 0 aromatic heterocycles. The van der Waals surface area contributed by atoms with Gasteiger partial charge in [-0.2, -0.15) is 0 Å². The van der Waals surface area contributed by atoms with Crippen molar-refractivity contribution in [2.75, 3.05) is 13.1 Å². The van der Waals surface area contributed by atoms with Crippen molar-refractivity contribution < 1.29 is 32.0 Å². The minimum absolute atomic E-state index is 0. The summed E-state index contributed by atoms with van der Waals surface area (Å²) in [6.45, 7) is 1.23. The van der Waals surface area contributed by atoms with Crippen molar-refractivity contribution in [2.45, 2.75) is 0 Å². The number of aromatic hydroxyl groups is 2. The van der Waals surface area contributed by atoms with Gasteiger partial charge in [0.05, 0.1) is 12.1 Å². The van der Waals surface area contributed by atoms with Crippen molar-refractivity contribution in [3.8, 4) is 11.5 Å². The molecule has 0 fully saturated rings. The predicted molar refractivity (Wildman–Crippen MR) is 79.7 cm³/mol. The monoisotopic (exact) mass is 328 g/mol. The van der Waals surface area contributed by atoms with Crippen LogP contribution >= 0.6 is 0 Å². The molecule has 2 rings (SSSR count). The van der Waals surface area contributed by atoms with Crippen molar-refractivity contribution in [2.24, 2.45) is 4.99 Å². The zero-order chi connectivity index (χ0) is 14.2. The topological polar surface area (TPSA) is 66.8 Å². The van der Waals surface area contributed by atoms with Gasteiger partial charge >= 0.3 is 0 Å². The van der Waals surface area contributed by atoms with Gasteiger partial charge < -0.3 is 10.2 Å². The number of phenolic OH excluding ortho intramolecular Hbond substituents is 2. The molecule has 0 unspecified atom stereocenters. The van der Waals surface area contributed by atoms with Crippen molar-refractivity contribution in [1.82, 2.24) is 0 Å². The number of hydrogen-bond donors (Lipinski definition) is 3. The number of phenols is 2. The van der Waals surface area contributed by atoms with Gasteiger partial charge in [-0.1, -0.05) is 24.3 Å². The van der Waals surface area contributed by atoms with E-state index in [0.717, 1.165) is 5.56 Å². The van der Waals surface area contributed by atoms with Crippen LogP contribution in [-0.2, 0) is 16.8 Å². The van der Waals surface area contributed by atoms with Gasteiger partial charge in [-0.25, -0.2) is 4.99 Å². The maximum absolute atomic E-state index is 9.56. The number of rotatable bonds is 5. The molecule has 111 valence electrons. The van der Waals surface area contributed by atoms with Gasteiger partial charge in [-0.15, -0.1) is 0 Å². The molecule has 3 N–H and O–H groups in total. The molecule has 0 saturated heterocycles. The molecule has 0 amide bonds. The molecule has 0 heterocycles. The van der Waals surface area contributed by atoms with Crippen LogP contribution in [0.2, 0.25) is 0 Å². The summed E-state index contributed by atoms with van der Waals surface area (Å²) in [5.74, 6) is 0.475. The maximum Gasteiger partial charge on any atom is 0.172 e. The summed E-state index contributed by atoms with van der Waals surface area (Å²) in [4.78, 5) is 7.31. The third kappa shape index (κ3) is 5.41. The van der Waals surface area contributed by atoms with Crippen LogP contribution in [0.5, 0.6) is 11.5 Å². The molecule has 5 heteroatoms. The summed E-state index contributed by atoms with van der Waals surface area (Å²) in [5.41, 5.74) is 1.45. The SMILES string of the molecule is Oc1ccccc1C=NCC[NH+]=Cc1ccccc1O.[Co]. The Hall–Kier alpha value is -2.11. The van der Waals surface area contributed by atoms with E-state index in [0.29, 0.717) is 18.7 Å². The fourth-order valence-electron chi connectivity index (χ4n) is 1.68. The summed E-state index contributed by atoms with van der Waals surface area (Å²) in [5, 5.41) is 19.1. The van der Waals surface area contributed by atoms with Crippen LogP contribution in [0, 0.1) is 0 Å². The number of nitrogens with zero attached hydrogens (tertiary/aromatic N) is 1. The van der Waals surface area contributed by atoms with Crippen LogP contribution in [0.3, 0.4) is 0 Å². The van der Waals surface area contributed by atoms with E-state index in [2.05, 4.69) is 9.98 Å². The minimum atomic E-state index is 0. The Morgan fingerprint density at radius 2 is 1.48 bits per heavy atom. The average molecular weight is 328 g/mol. The zero-order valence-electron chi connectivity index (χ0n) is 11.4. The van der Waals surface area contributed by atoms with Crippen LogP contribution in [0.4, 0.5) is 0 Å². The fraction of sp³-hybridized carbons (Fsp3) is 0.125. The number of para-hydroxylation sites is 2. The zero-order valence-corrected chi connectivity index (χ0v) is 12.4. The number of benzene rings is 2. The van der Waals surface area contributed by atoms with Crippen molar-refractivity contribution in [3.05, 3.63) is 59.7 Å². The van der Waals surface area contributed by atoms with Crippen LogP contribution in [0.1, 0.15) is 11.1 Å². The van der Waals surface area contributed by atoms with Gasteiger partial charge in [0.1, 0.15) is 11.5 Å². The van der Waals surface area contributed by atoms with Crippen LogP contribution in [0.25, 0.3) is 0 Å². The van der Waals surface area contributed by atoms with E-state index in [9.17, 15) is 10.2 Å². The Bertz CT molecular complexity index is 572. The Morgan fingerprint density at radius 3 is 2.10 bits per heavy atom. The van der Waals surface area contributed by atoms with E-state index < -0.39 is 0 Å². The Kier molecular flexibility index (Phi) is 7.21. The minimum Gasteiger partial charge on any atom is -0.507 e. The Morgan fingerprint density at radius 1 is 0.905 bits per heavy atom. The third-order valence-corrected chi connectivity index (χ3v) is 2.75. The van der Waals surface area contributed by atoms with Crippen molar-refractivity contribution >= 4 is 12.4 Å². The van der Waals surface area contributed by atoms with Crippen LogP contribution < -0.4 is 4.99 Å². The number of aliphatic imine (C=N–C) groups is 1. The molecule has 0 bridgehead atoms. The van der Waals surface area contributed by atoms with Gasteiger partial charge in [0.2, 0.25) is 0 Å².